The Morgan fingerprint density at radius 3 is 2.12 bits per heavy atom. The van der Waals surface area contributed by atoms with Gasteiger partial charge in [-0.3, -0.25) is 0 Å². The number of alkyl halides is 6. The van der Waals surface area contributed by atoms with Gasteiger partial charge in [0.15, 0.2) is 0 Å². The highest BCUT2D eigenvalue weighted by Gasteiger charge is 2.47. The number of morpholine rings is 1. The summed E-state index contributed by atoms with van der Waals surface area (Å²) in [6.07, 6.45) is -2.78. The molecule has 1 aliphatic carbocycles. The Labute approximate surface area is 292 Å². The fraction of sp³-hybridized carbons (Fsp3) is 0.541. The molecule has 1 aromatic heterocycles. The fourth-order valence-electron chi connectivity index (χ4n) is 5.25. The van der Waals surface area contributed by atoms with E-state index in [0.717, 1.165) is 38.1 Å². The molecule has 0 radical (unpaired) electrons. The van der Waals surface area contributed by atoms with Crippen LogP contribution < -0.4 is 10.2 Å². The first-order valence-corrected chi connectivity index (χ1v) is 17.9. The summed E-state index contributed by atoms with van der Waals surface area (Å²) in [6, 6.07) is 5.04. The predicted octanol–water partition coefficient (Wildman–Crippen LogP) is 10.0. The first kappa shape index (κ1) is 42.0. The summed E-state index contributed by atoms with van der Waals surface area (Å²) in [6.45, 7) is 15.8. The molecular weight excluding hydrogens is 662 g/mol. The van der Waals surface area contributed by atoms with Gasteiger partial charge in [-0.05, 0) is 74.3 Å². The molecule has 0 amide bonds. The molecule has 2 fully saturated rings. The molecule has 272 valence electrons. The molecule has 3 heterocycles. The van der Waals surface area contributed by atoms with E-state index in [4.69, 9.17) is 4.74 Å². The summed E-state index contributed by atoms with van der Waals surface area (Å²) >= 11 is 0.687. The molecule has 2 aliphatic heterocycles. The largest absolute Gasteiger partial charge is 0.418 e. The summed E-state index contributed by atoms with van der Waals surface area (Å²) in [5.74, 6) is 6.21. The van der Waals surface area contributed by atoms with Crippen molar-refractivity contribution in [3.8, 4) is 23.0 Å². The second kappa shape index (κ2) is 20.5. The third-order valence-corrected chi connectivity index (χ3v) is 8.58. The average molecular weight is 713 g/mol. The highest BCUT2D eigenvalue weighted by atomic mass is 32.2. The van der Waals surface area contributed by atoms with Gasteiger partial charge in [0, 0.05) is 41.5 Å². The number of allylic oxidation sites excluding steroid dienone is 4. The molecule has 3 aliphatic rings. The number of piperidine rings is 1. The zero-order chi connectivity index (χ0) is 36.6. The maximum Gasteiger partial charge on any atom is 0.418 e. The lowest BCUT2D eigenvalue weighted by atomic mass is 9.94. The lowest BCUT2D eigenvalue weighted by Gasteiger charge is -2.30. The van der Waals surface area contributed by atoms with Crippen molar-refractivity contribution in [2.45, 2.75) is 90.5 Å². The van der Waals surface area contributed by atoms with E-state index in [9.17, 15) is 26.3 Å². The van der Waals surface area contributed by atoms with E-state index >= 15 is 0 Å². The summed E-state index contributed by atoms with van der Waals surface area (Å²) in [5.41, 5.74) is -3.49. The van der Waals surface area contributed by atoms with E-state index in [1.54, 1.807) is 12.2 Å². The number of halogens is 6. The molecule has 0 unspecified atom stereocenters. The number of anilines is 1. The Hall–Kier alpha value is -3.14. The number of ether oxygens (including phenoxy) is 1. The molecule has 0 bridgehead atoms. The monoisotopic (exact) mass is 712 g/mol. The SMILES string of the molecule is CC.CC.CCC.CN1CCC(NC2=C(Sc3ccc(-c4ccnc(N5CCOCC5)c4)c(C(F)(F)F)c3C(F)(F)F)CC=CC#C2)CC1. The van der Waals surface area contributed by atoms with E-state index in [0.29, 0.717) is 54.5 Å². The summed E-state index contributed by atoms with van der Waals surface area (Å²) in [7, 11) is 2.02. The van der Waals surface area contributed by atoms with Crippen LogP contribution in [0.25, 0.3) is 11.1 Å². The normalized spacial score (nSPS) is 16.9. The van der Waals surface area contributed by atoms with Gasteiger partial charge in [-0.2, -0.15) is 26.3 Å². The van der Waals surface area contributed by atoms with Crippen molar-refractivity contribution < 1.29 is 31.1 Å². The van der Waals surface area contributed by atoms with Gasteiger partial charge in [-0.25, -0.2) is 4.98 Å². The maximum absolute atomic E-state index is 14.6. The van der Waals surface area contributed by atoms with Crippen LogP contribution in [0.15, 0.2) is 58.1 Å². The Bertz CT molecular complexity index is 1430. The number of hydrogen-bond donors (Lipinski definition) is 1. The number of rotatable bonds is 6. The van der Waals surface area contributed by atoms with Gasteiger partial charge in [0.05, 0.1) is 30.0 Å². The zero-order valence-corrected chi connectivity index (χ0v) is 30.4. The van der Waals surface area contributed by atoms with Crippen molar-refractivity contribution in [3.63, 3.8) is 0 Å². The topological polar surface area (TPSA) is 40.6 Å². The van der Waals surface area contributed by atoms with E-state index in [-0.39, 0.29) is 18.0 Å². The van der Waals surface area contributed by atoms with Gasteiger partial charge in [-0.1, -0.05) is 77.8 Å². The summed E-state index contributed by atoms with van der Waals surface area (Å²) in [5, 5.41) is 3.36. The van der Waals surface area contributed by atoms with Gasteiger partial charge >= 0.3 is 12.4 Å². The minimum Gasteiger partial charge on any atom is -0.378 e. The number of pyridine rings is 1. The van der Waals surface area contributed by atoms with Gasteiger partial charge in [-0.15, -0.1) is 0 Å². The van der Waals surface area contributed by atoms with Crippen molar-refractivity contribution in [2.24, 2.45) is 0 Å². The van der Waals surface area contributed by atoms with Crippen LogP contribution in [0, 0.1) is 11.8 Å². The summed E-state index contributed by atoms with van der Waals surface area (Å²) < 4.78 is 93.0. The van der Waals surface area contributed by atoms with Crippen LogP contribution in [0.4, 0.5) is 32.2 Å². The minimum atomic E-state index is -5.27. The number of hydrogen-bond acceptors (Lipinski definition) is 6. The molecule has 2 saturated heterocycles. The first-order valence-electron chi connectivity index (χ1n) is 17.1. The van der Waals surface area contributed by atoms with Crippen molar-refractivity contribution in [1.29, 1.82) is 0 Å². The van der Waals surface area contributed by atoms with Crippen LogP contribution in [0.3, 0.4) is 0 Å². The molecule has 1 N–H and O–H groups in total. The average Bonchev–Trinajstić information content (AvgIpc) is 3.32. The maximum atomic E-state index is 14.6. The lowest BCUT2D eigenvalue weighted by molar-refractivity contribution is -0.163. The molecule has 5 rings (SSSR count). The Kier molecular flexibility index (Phi) is 17.6. The van der Waals surface area contributed by atoms with Gasteiger partial charge in [0.1, 0.15) is 5.82 Å². The smallest absolute Gasteiger partial charge is 0.378 e. The van der Waals surface area contributed by atoms with Crippen LogP contribution in [-0.4, -0.2) is 62.4 Å². The van der Waals surface area contributed by atoms with Gasteiger partial charge in [0.25, 0.3) is 0 Å². The second-order valence-electron chi connectivity index (χ2n) is 11.1. The van der Waals surface area contributed by atoms with E-state index in [2.05, 4.69) is 40.9 Å². The second-order valence-corrected chi connectivity index (χ2v) is 12.2. The number of nitrogens with one attached hydrogen (secondary N) is 1. The Morgan fingerprint density at radius 1 is 0.918 bits per heavy atom. The van der Waals surface area contributed by atoms with E-state index in [1.807, 2.05) is 39.6 Å². The zero-order valence-electron chi connectivity index (χ0n) is 29.6. The number of nitrogens with zero attached hydrogens (tertiary/aromatic N) is 3. The van der Waals surface area contributed by atoms with Crippen LogP contribution in [0.5, 0.6) is 0 Å². The third kappa shape index (κ3) is 12.3. The van der Waals surface area contributed by atoms with Crippen molar-refractivity contribution in [3.05, 3.63) is 64.3 Å². The number of aromatic nitrogens is 1. The molecular formula is C37H50F6N4OS. The highest BCUT2D eigenvalue weighted by Crippen LogP contribution is 2.50. The van der Waals surface area contributed by atoms with Crippen molar-refractivity contribution in [2.75, 3.05) is 51.3 Å². The number of thioether (sulfide) groups is 1. The molecule has 0 spiro atoms. The molecule has 49 heavy (non-hydrogen) atoms. The lowest BCUT2D eigenvalue weighted by Crippen LogP contribution is -2.40. The van der Waals surface area contributed by atoms with E-state index < -0.39 is 33.9 Å². The molecule has 12 heteroatoms. The van der Waals surface area contributed by atoms with Crippen molar-refractivity contribution in [1.82, 2.24) is 15.2 Å². The molecule has 5 nitrogen and oxygen atoms in total. The molecule has 1 aromatic carbocycles. The fourth-order valence-corrected chi connectivity index (χ4v) is 6.36. The van der Waals surface area contributed by atoms with Crippen molar-refractivity contribution >= 4 is 17.6 Å². The Morgan fingerprint density at radius 2 is 1.53 bits per heavy atom. The third-order valence-electron chi connectivity index (χ3n) is 7.41. The Balaban J connectivity index is 0.00000111. The molecule has 2 aromatic rings. The van der Waals surface area contributed by atoms with Crippen LogP contribution in [-0.2, 0) is 17.1 Å². The highest BCUT2D eigenvalue weighted by molar-refractivity contribution is 8.03. The minimum absolute atomic E-state index is 0.00738. The quantitative estimate of drug-likeness (QED) is 0.238. The van der Waals surface area contributed by atoms with Crippen LogP contribution in [0.2, 0.25) is 0 Å². The standard InChI is InChI=1S/C30H30F6N4OS.C3H8.2C2H6/c1-39-13-10-21(11-14-39)38-23-5-3-2-4-6-24(23)42-25-8-7-22(27(29(31,32)33)28(25)30(34,35)36)20-9-12-37-26(19-20)40-15-17-41-18-16-40;1-3-2;2*1-2/h2,4,7-9,12,19,21,38H,6,10-11,13-18H2,1H3;3H2,1-2H3;2*1-2H3. The first-order chi connectivity index (χ1) is 23.4. The number of likely N-dealkylation sites (tertiary alicyclic amines) is 1. The predicted molar refractivity (Wildman–Crippen MR) is 189 cm³/mol. The van der Waals surface area contributed by atoms with Gasteiger partial charge < -0.3 is 19.9 Å². The number of benzene rings is 1. The van der Waals surface area contributed by atoms with E-state index in [1.165, 1.54) is 24.8 Å². The summed E-state index contributed by atoms with van der Waals surface area (Å²) in [4.78, 5) is 8.19. The van der Waals surface area contributed by atoms with Crippen LogP contribution >= 0.6 is 11.8 Å². The molecule has 0 saturated carbocycles. The van der Waals surface area contributed by atoms with Crippen LogP contribution in [0.1, 0.15) is 78.4 Å². The molecule has 0 atom stereocenters. The van der Waals surface area contributed by atoms with Gasteiger partial charge in [0.2, 0.25) is 0 Å².